The largest absolute Gasteiger partial charge is 0.466 e. The number of carbonyl (C=O) groups is 1. The van der Waals surface area contributed by atoms with E-state index in [-0.39, 0.29) is 5.97 Å². The van der Waals surface area contributed by atoms with Gasteiger partial charge in [-0.1, -0.05) is 243 Å². The number of carbonyl (C=O) groups excluding carboxylic acids is 1. The van der Waals surface area contributed by atoms with Gasteiger partial charge in [0.15, 0.2) is 0 Å². The molecule has 0 aromatic heterocycles. The molecule has 0 bridgehead atoms. The molecule has 0 aromatic rings. The van der Waals surface area contributed by atoms with Crippen molar-refractivity contribution in [2.24, 2.45) is 0 Å². The third kappa shape index (κ3) is 44.7. The van der Waals surface area contributed by atoms with Crippen molar-refractivity contribution in [3.63, 3.8) is 0 Å². The summed E-state index contributed by atoms with van der Waals surface area (Å²) in [7, 11) is 0. The third-order valence-corrected chi connectivity index (χ3v) is 10.3. The lowest BCUT2D eigenvalue weighted by atomic mass is 10.0. The zero-order valence-electron chi connectivity index (χ0n) is 34.4. The maximum Gasteiger partial charge on any atom is 0.305 e. The Labute approximate surface area is 315 Å². The quantitative estimate of drug-likeness (QED) is 0.0360. The predicted molar refractivity (Wildman–Crippen MR) is 225 cm³/mol. The average Bonchev–Trinajstić information content (AvgIpc) is 3.12. The summed E-state index contributed by atoms with van der Waals surface area (Å²) in [6.07, 6.45) is 64.1. The fourth-order valence-electron chi connectivity index (χ4n) is 6.92. The molecule has 0 N–H and O–H groups in total. The van der Waals surface area contributed by atoms with Gasteiger partial charge >= 0.3 is 5.97 Å². The second kappa shape index (κ2) is 45.7. The Balaban J connectivity index is 3.18. The van der Waals surface area contributed by atoms with Crippen LogP contribution in [0.25, 0.3) is 0 Å². The molecule has 0 aliphatic heterocycles. The summed E-state index contributed by atoms with van der Waals surface area (Å²) in [4.78, 5) is 12.0. The van der Waals surface area contributed by atoms with Crippen LogP contribution in [0.15, 0.2) is 36.5 Å². The first-order valence-electron chi connectivity index (χ1n) is 22.9. The molecule has 50 heavy (non-hydrogen) atoms. The van der Waals surface area contributed by atoms with Gasteiger partial charge in [0, 0.05) is 6.42 Å². The first-order chi connectivity index (χ1) is 24.8. The SMILES string of the molecule is CC/C=C\C/C=C\C/C=C\CCCCCCCC(=O)OCCCCCCCCCCCCCCCCCCCCCCCCCCCCCC. The molecule has 294 valence electrons. The van der Waals surface area contributed by atoms with Gasteiger partial charge < -0.3 is 4.74 Å². The van der Waals surface area contributed by atoms with Crippen LogP contribution in [0.2, 0.25) is 0 Å². The zero-order valence-corrected chi connectivity index (χ0v) is 34.4. The van der Waals surface area contributed by atoms with Crippen LogP contribution in [0.4, 0.5) is 0 Å². The van der Waals surface area contributed by atoms with Crippen molar-refractivity contribution >= 4 is 5.97 Å². The number of unbranched alkanes of at least 4 members (excludes halogenated alkanes) is 32. The van der Waals surface area contributed by atoms with Crippen molar-refractivity contribution < 1.29 is 9.53 Å². The molecule has 0 saturated heterocycles. The van der Waals surface area contributed by atoms with Crippen LogP contribution in [0.3, 0.4) is 0 Å². The van der Waals surface area contributed by atoms with E-state index in [0.29, 0.717) is 13.0 Å². The molecule has 0 aliphatic carbocycles. The lowest BCUT2D eigenvalue weighted by Crippen LogP contribution is -2.05. The molecule has 0 rings (SSSR count). The summed E-state index contributed by atoms with van der Waals surface area (Å²) >= 11 is 0. The molecule has 2 heteroatoms. The molecule has 2 nitrogen and oxygen atoms in total. The normalized spacial score (nSPS) is 12.0. The molecule has 0 aliphatic rings. The first kappa shape index (κ1) is 48.7. The predicted octanol–water partition coefficient (Wildman–Crippen LogP) is 17.1. The van der Waals surface area contributed by atoms with E-state index in [9.17, 15) is 4.79 Å². The highest BCUT2D eigenvalue weighted by Crippen LogP contribution is 2.16. The van der Waals surface area contributed by atoms with Crippen LogP contribution >= 0.6 is 0 Å². The molecule has 0 amide bonds. The maximum atomic E-state index is 12.0. The monoisotopic (exact) mass is 699 g/mol. The first-order valence-corrected chi connectivity index (χ1v) is 22.9. The van der Waals surface area contributed by atoms with E-state index in [0.717, 1.165) is 38.5 Å². The molecule has 0 heterocycles. The molecule has 0 aromatic carbocycles. The lowest BCUT2D eigenvalue weighted by Gasteiger charge is -2.06. The van der Waals surface area contributed by atoms with Crippen molar-refractivity contribution in [3.8, 4) is 0 Å². The van der Waals surface area contributed by atoms with Gasteiger partial charge in [0.05, 0.1) is 6.61 Å². The summed E-state index contributed by atoms with van der Waals surface area (Å²) in [6.45, 7) is 5.09. The van der Waals surface area contributed by atoms with Crippen molar-refractivity contribution in [1.82, 2.24) is 0 Å². The van der Waals surface area contributed by atoms with Crippen LogP contribution in [0, 0.1) is 0 Å². The summed E-state index contributed by atoms with van der Waals surface area (Å²) in [5, 5.41) is 0. The third-order valence-electron chi connectivity index (χ3n) is 10.3. The Kier molecular flexibility index (Phi) is 44.5. The van der Waals surface area contributed by atoms with Crippen LogP contribution < -0.4 is 0 Å². The van der Waals surface area contributed by atoms with Crippen molar-refractivity contribution in [3.05, 3.63) is 36.5 Å². The zero-order chi connectivity index (χ0) is 36.1. The number of ether oxygens (including phenoxy) is 1. The van der Waals surface area contributed by atoms with Gasteiger partial charge in [-0.3, -0.25) is 4.79 Å². The van der Waals surface area contributed by atoms with Gasteiger partial charge in [-0.15, -0.1) is 0 Å². The van der Waals surface area contributed by atoms with Gasteiger partial charge in [0.1, 0.15) is 0 Å². The molecular formula is C48H90O2. The number of hydrogen-bond acceptors (Lipinski definition) is 2. The Morgan fingerprint density at radius 1 is 0.360 bits per heavy atom. The second-order valence-corrected chi connectivity index (χ2v) is 15.4. The average molecular weight is 699 g/mol. The molecule has 0 radical (unpaired) electrons. The number of allylic oxidation sites excluding steroid dienone is 6. The highest BCUT2D eigenvalue weighted by Gasteiger charge is 2.03. The standard InChI is InChI=1S/C48H90O2/c1-3-5-7-9-11-13-15-17-19-20-21-22-23-24-25-26-27-28-29-30-31-33-35-37-39-41-43-45-47-50-48(49)46-44-42-40-38-36-34-32-18-16-14-12-10-8-6-4-2/h6,8,12,14,18,32H,3-5,7,9-11,13,15-17,19-31,33-47H2,1-2H3/b8-6-,14-12-,32-18-. The number of esters is 1. The van der Waals surface area contributed by atoms with Gasteiger partial charge in [-0.25, -0.2) is 0 Å². The van der Waals surface area contributed by atoms with Crippen molar-refractivity contribution in [2.45, 2.75) is 258 Å². The van der Waals surface area contributed by atoms with Crippen molar-refractivity contribution in [2.75, 3.05) is 6.61 Å². The van der Waals surface area contributed by atoms with Gasteiger partial charge in [0.2, 0.25) is 0 Å². The van der Waals surface area contributed by atoms with E-state index < -0.39 is 0 Å². The van der Waals surface area contributed by atoms with Crippen LogP contribution in [-0.2, 0) is 9.53 Å². The minimum absolute atomic E-state index is 0.0104. The van der Waals surface area contributed by atoms with E-state index in [1.165, 1.54) is 199 Å². The molecule has 0 spiro atoms. The van der Waals surface area contributed by atoms with E-state index in [2.05, 4.69) is 50.3 Å². The van der Waals surface area contributed by atoms with E-state index >= 15 is 0 Å². The van der Waals surface area contributed by atoms with Gasteiger partial charge in [-0.05, 0) is 44.9 Å². The smallest absolute Gasteiger partial charge is 0.305 e. The van der Waals surface area contributed by atoms with Crippen LogP contribution in [-0.4, -0.2) is 12.6 Å². The fraction of sp³-hybridized carbons (Fsp3) is 0.854. The second-order valence-electron chi connectivity index (χ2n) is 15.4. The molecule has 0 atom stereocenters. The number of rotatable bonds is 42. The molecule has 0 fully saturated rings. The molecule has 0 unspecified atom stereocenters. The Morgan fingerprint density at radius 3 is 1.08 bits per heavy atom. The Morgan fingerprint density at radius 2 is 0.680 bits per heavy atom. The topological polar surface area (TPSA) is 26.3 Å². The minimum Gasteiger partial charge on any atom is -0.466 e. The highest BCUT2D eigenvalue weighted by molar-refractivity contribution is 5.69. The highest BCUT2D eigenvalue weighted by atomic mass is 16.5. The summed E-state index contributed by atoms with van der Waals surface area (Å²) in [6, 6.07) is 0. The van der Waals surface area contributed by atoms with Crippen molar-refractivity contribution in [1.29, 1.82) is 0 Å². The Hall–Kier alpha value is -1.31. The summed E-state index contributed by atoms with van der Waals surface area (Å²) < 4.78 is 5.46. The van der Waals surface area contributed by atoms with Crippen LogP contribution in [0.1, 0.15) is 258 Å². The summed E-state index contributed by atoms with van der Waals surface area (Å²) in [5.41, 5.74) is 0. The molecule has 0 saturated carbocycles. The van der Waals surface area contributed by atoms with E-state index in [1.54, 1.807) is 0 Å². The molecular weight excluding hydrogens is 609 g/mol. The van der Waals surface area contributed by atoms with Gasteiger partial charge in [-0.2, -0.15) is 0 Å². The minimum atomic E-state index is 0.0104. The fourth-order valence-corrected chi connectivity index (χ4v) is 6.92. The van der Waals surface area contributed by atoms with E-state index in [1.807, 2.05) is 0 Å². The van der Waals surface area contributed by atoms with E-state index in [4.69, 9.17) is 4.74 Å². The Bertz CT molecular complexity index is 720. The summed E-state index contributed by atoms with van der Waals surface area (Å²) in [5.74, 6) is 0.0104. The van der Waals surface area contributed by atoms with Gasteiger partial charge in [0.25, 0.3) is 0 Å². The lowest BCUT2D eigenvalue weighted by molar-refractivity contribution is -0.143. The maximum absolute atomic E-state index is 12.0. The number of hydrogen-bond donors (Lipinski definition) is 0. The van der Waals surface area contributed by atoms with Crippen LogP contribution in [0.5, 0.6) is 0 Å².